The van der Waals surface area contributed by atoms with Crippen LogP contribution in [0.25, 0.3) is 0 Å². The summed E-state index contributed by atoms with van der Waals surface area (Å²) in [5.41, 5.74) is 1.42. The quantitative estimate of drug-likeness (QED) is 0.680. The first-order valence-corrected chi connectivity index (χ1v) is 6.34. The maximum atomic E-state index is 5.08. The normalized spacial score (nSPS) is 13.1. The van der Waals surface area contributed by atoms with Crippen LogP contribution in [0.3, 0.4) is 0 Å². The lowest BCUT2D eigenvalue weighted by Crippen LogP contribution is -2.14. The summed E-state index contributed by atoms with van der Waals surface area (Å²) in [6, 6.07) is 10.7. The Morgan fingerprint density at radius 3 is 2.40 bits per heavy atom. The second kappa shape index (κ2) is 6.91. The molecule has 0 saturated heterocycles. The molecule has 1 unspecified atom stereocenters. The molecule has 0 aliphatic heterocycles. The highest BCUT2D eigenvalue weighted by molar-refractivity contribution is 7.94. The molecular weight excluding hydrogens is 204 g/mol. The summed E-state index contributed by atoms with van der Waals surface area (Å²) in [5, 5.41) is 0. The molecular formula is C13H20OS. The van der Waals surface area contributed by atoms with Crippen LogP contribution in [0.15, 0.2) is 30.3 Å². The van der Waals surface area contributed by atoms with E-state index in [1.165, 1.54) is 5.56 Å². The van der Waals surface area contributed by atoms with E-state index in [2.05, 4.69) is 44.2 Å². The third-order valence-electron chi connectivity index (χ3n) is 2.68. The summed E-state index contributed by atoms with van der Waals surface area (Å²) in [4.78, 5) is 0. The van der Waals surface area contributed by atoms with Gasteiger partial charge in [-0.15, -0.1) is 0 Å². The lowest BCUT2D eigenvalue weighted by molar-refractivity contribution is 0.412. The molecule has 1 nitrogen and oxygen atoms in total. The molecule has 15 heavy (non-hydrogen) atoms. The SMILES string of the molecule is COSCC(Cc1ccccc1)C(C)C. The van der Waals surface area contributed by atoms with Crippen LogP contribution in [-0.4, -0.2) is 12.9 Å². The van der Waals surface area contributed by atoms with Gasteiger partial charge in [0.2, 0.25) is 0 Å². The molecule has 0 aliphatic rings. The van der Waals surface area contributed by atoms with Gasteiger partial charge in [0, 0.05) is 5.75 Å². The largest absolute Gasteiger partial charge is 0.319 e. The van der Waals surface area contributed by atoms with Crippen LogP contribution in [-0.2, 0) is 10.6 Å². The summed E-state index contributed by atoms with van der Waals surface area (Å²) in [5.74, 6) is 2.47. The maximum absolute atomic E-state index is 5.08. The molecule has 0 bridgehead atoms. The molecule has 2 heteroatoms. The Labute approximate surface area is 97.4 Å². The van der Waals surface area contributed by atoms with Crippen molar-refractivity contribution in [3.63, 3.8) is 0 Å². The van der Waals surface area contributed by atoms with Gasteiger partial charge in [-0.3, -0.25) is 0 Å². The Balaban J connectivity index is 2.51. The maximum Gasteiger partial charge on any atom is 0.0503 e. The van der Waals surface area contributed by atoms with Crippen molar-refractivity contribution >= 4 is 12.0 Å². The molecule has 1 rings (SSSR count). The predicted molar refractivity (Wildman–Crippen MR) is 67.9 cm³/mol. The van der Waals surface area contributed by atoms with Crippen LogP contribution < -0.4 is 0 Å². The van der Waals surface area contributed by atoms with Gasteiger partial charge in [0.25, 0.3) is 0 Å². The van der Waals surface area contributed by atoms with Gasteiger partial charge >= 0.3 is 0 Å². The van der Waals surface area contributed by atoms with E-state index in [9.17, 15) is 0 Å². The average Bonchev–Trinajstić information content (AvgIpc) is 2.25. The van der Waals surface area contributed by atoms with Gasteiger partial charge in [0.05, 0.1) is 7.11 Å². The zero-order valence-corrected chi connectivity index (χ0v) is 10.6. The summed E-state index contributed by atoms with van der Waals surface area (Å²) >= 11 is 1.56. The number of hydrogen-bond acceptors (Lipinski definition) is 2. The smallest absolute Gasteiger partial charge is 0.0503 e. The highest BCUT2D eigenvalue weighted by Crippen LogP contribution is 2.21. The fraction of sp³-hybridized carbons (Fsp3) is 0.538. The Morgan fingerprint density at radius 2 is 1.87 bits per heavy atom. The molecule has 1 aromatic rings. The van der Waals surface area contributed by atoms with E-state index in [4.69, 9.17) is 4.18 Å². The van der Waals surface area contributed by atoms with Crippen molar-refractivity contribution in [2.24, 2.45) is 11.8 Å². The molecule has 1 atom stereocenters. The van der Waals surface area contributed by atoms with Gasteiger partial charge in [0.1, 0.15) is 0 Å². The Kier molecular flexibility index (Phi) is 5.81. The van der Waals surface area contributed by atoms with Crippen molar-refractivity contribution in [1.29, 1.82) is 0 Å². The molecule has 0 aliphatic carbocycles. The number of hydrogen-bond donors (Lipinski definition) is 0. The van der Waals surface area contributed by atoms with Crippen LogP contribution in [0.1, 0.15) is 19.4 Å². The molecule has 0 fully saturated rings. The standard InChI is InChI=1S/C13H20OS/c1-11(2)13(10-15-14-3)9-12-7-5-4-6-8-12/h4-8,11,13H,9-10H2,1-3H3. The van der Waals surface area contributed by atoms with Crippen LogP contribution in [0.4, 0.5) is 0 Å². The van der Waals surface area contributed by atoms with Gasteiger partial charge in [-0.1, -0.05) is 44.2 Å². The van der Waals surface area contributed by atoms with Gasteiger partial charge in [-0.05, 0) is 35.9 Å². The van der Waals surface area contributed by atoms with E-state index in [0.29, 0.717) is 11.8 Å². The second-order valence-corrected chi connectivity index (χ2v) is 5.05. The minimum absolute atomic E-state index is 0.692. The van der Waals surface area contributed by atoms with Crippen molar-refractivity contribution in [2.45, 2.75) is 20.3 Å². The van der Waals surface area contributed by atoms with Crippen LogP contribution in [0.2, 0.25) is 0 Å². The first kappa shape index (κ1) is 12.6. The molecule has 0 aromatic heterocycles. The zero-order chi connectivity index (χ0) is 11.1. The highest BCUT2D eigenvalue weighted by atomic mass is 32.2. The Bertz CT molecular complexity index is 258. The van der Waals surface area contributed by atoms with Crippen LogP contribution in [0, 0.1) is 11.8 Å². The highest BCUT2D eigenvalue weighted by Gasteiger charge is 2.14. The molecule has 1 aromatic carbocycles. The molecule has 0 spiro atoms. The van der Waals surface area contributed by atoms with E-state index in [1.807, 2.05) is 0 Å². The van der Waals surface area contributed by atoms with Crippen LogP contribution in [0.5, 0.6) is 0 Å². The molecule has 0 amide bonds. The van der Waals surface area contributed by atoms with E-state index < -0.39 is 0 Å². The average molecular weight is 224 g/mol. The van der Waals surface area contributed by atoms with E-state index >= 15 is 0 Å². The monoisotopic (exact) mass is 224 g/mol. The minimum atomic E-state index is 0.692. The lowest BCUT2D eigenvalue weighted by atomic mass is 9.91. The third kappa shape index (κ3) is 4.72. The summed E-state index contributed by atoms with van der Waals surface area (Å²) in [7, 11) is 1.74. The van der Waals surface area contributed by atoms with Crippen molar-refractivity contribution in [3.05, 3.63) is 35.9 Å². The molecule has 0 N–H and O–H groups in total. The van der Waals surface area contributed by atoms with E-state index in [1.54, 1.807) is 19.2 Å². The molecule has 84 valence electrons. The van der Waals surface area contributed by atoms with Gasteiger partial charge in [-0.2, -0.15) is 0 Å². The van der Waals surface area contributed by atoms with E-state index in [-0.39, 0.29) is 0 Å². The first-order chi connectivity index (χ1) is 7.24. The van der Waals surface area contributed by atoms with Crippen molar-refractivity contribution < 1.29 is 4.18 Å². The minimum Gasteiger partial charge on any atom is -0.319 e. The van der Waals surface area contributed by atoms with Crippen LogP contribution >= 0.6 is 12.0 Å². The second-order valence-electron chi connectivity index (χ2n) is 4.15. The Morgan fingerprint density at radius 1 is 1.20 bits per heavy atom. The topological polar surface area (TPSA) is 9.23 Å². The Hall–Kier alpha value is -0.470. The van der Waals surface area contributed by atoms with Crippen molar-refractivity contribution in [2.75, 3.05) is 12.9 Å². The fourth-order valence-corrected chi connectivity index (χ4v) is 2.37. The summed E-state index contributed by atoms with van der Waals surface area (Å²) in [6.07, 6.45) is 1.15. The first-order valence-electron chi connectivity index (χ1n) is 5.43. The zero-order valence-electron chi connectivity index (χ0n) is 9.77. The molecule has 0 saturated carbocycles. The third-order valence-corrected chi connectivity index (χ3v) is 3.48. The lowest BCUT2D eigenvalue weighted by Gasteiger charge is -2.19. The van der Waals surface area contributed by atoms with Gasteiger partial charge in [-0.25, -0.2) is 0 Å². The van der Waals surface area contributed by atoms with Crippen molar-refractivity contribution in [1.82, 2.24) is 0 Å². The fourth-order valence-electron chi connectivity index (χ4n) is 1.56. The number of rotatable bonds is 6. The van der Waals surface area contributed by atoms with E-state index in [0.717, 1.165) is 12.2 Å². The van der Waals surface area contributed by atoms with Gasteiger partial charge in [0.15, 0.2) is 0 Å². The predicted octanol–water partition coefficient (Wildman–Crippen LogP) is 3.80. The van der Waals surface area contributed by atoms with Crippen molar-refractivity contribution in [3.8, 4) is 0 Å². The van der Waals surface area contributed by atoms with Gasteiger partial charge < -0.3 is 4.18 Å². The molecule has 0 radical (unpaired) electrons. The number of benzene rings is 1. The molecule has 0 heterocycles. The summed E-state index contributed by atoms with van der Waals surface area (Å²) in [6.45, 7) is 4.56. The summed E-state index contributed by atoms with van der Waals surface area (Å²) < 4.78 is 5.08.